The zero-order valence-electron chi connectivity index (χ0n) is 17.7. The summed E-state index contributed by atoms with van der Waals surface area (Å²) in [5.41, 5.74) is 1.35. The Labute approximate surface area is 172 Å². The maximum absolute atomic E-state index is 13.1. The summed E-state index contributed by atoms with van der Waals surface area (Å²) < 4.78 is 33.4. The Morgan fingerprint density at radius 3 is 2.41 bits per heavy atom. The van der Waals surface area contributed by atoms with Gasteiger partial charge in [-0.05, 0) is 52.2 Å². The van der Waals surface area contributed by atoms with Gasteiger partial charge in [-0.2, -0.15) is 4.31 Å². The van der Waals surface area contributed by atoms with Crippen molar-refractivity contribution in [3.8, 4) is 0 Å². The highest BCUT2D eigenvalue weighted by molar-refractivity contribution is 7.89. The van der Waals surface area contributed by atoms with Gasteiger partial charge in [-0.15, -0.1) is 0 Å². The molecule has 9 heteroatoms. The third kappa shape index (κ3) is 4.41. The van der Waals surface area contributed by atoms with Crippen LogP contribution in [0.15, 0.2) is 10.9 Å². The zero-order chi connectivity index (χ0) is 21.3. The molecular weight excluding hydrogens is 394 g/mol. The lowest BCUT2D eigenvalue weighted by Crippen LogP contribution is -2.52. The molecule has 0 saturated carbocycles. The van der Waals surface area contributed by atoms with Crippen LogP contribution in [0.5, 0.6) is 0 Å². The quantitative estimate of drug-likeness (QED) is 0.706. The van der Waals surface area contributed by atoms with Gasteiger partial charge in [0.15, 0.2) is 0 Å². The van der Waals surface area contributed by atoms with Crippen molar-refractivity contribution >= 4 is 15.9 Å². The fraction of sp³-hybridized carbons (Fsp3) is 0.700. The van der Waals surface area contributed by atoms with Crippen molar-refractivity contribution in [2.75, 3.05) is 32.8 Å². The summed E-state index contributed by atoms with van der Waals surface area (Å²) in [5.74, 6) is -0.324. The lowest BCUT2D eigenvalue weighted by atomic mass is 10.1. The molecule has 2 fully saturated rings. The number of aromatic nitrogens is 1. The van der Waals surface area contributed by atoms with Gasteiger partial charge in [0, 0.05) is 38.5 Å². The first-order chi connectivity index (χ1) is 13.6. The number of piperazine rings is 1. The number of sulfonamides is 1. The Morgan fingerprint density at radius 1 is 1.21 bits per heavy atom. The van der Waals surface area contributed by atoms with Gasteiger partial charge in [0.25, 0.3) is 11.5 Å². The maximum atomic E-state index is 13.1. The SMILES string of the molecule is Cc1cc(C)n(C[C@@H]2CCCO2)c(=O)c1C(=O)N1CCN(S(=O)(=O)C(C)C)CC1. The zero-order valence-corrected chi connectivity index (χ0v) is 18.5. The molecule has 1 aromatic rings. The van der Waals surface area contributed by atoms with Crippen molar-refractivity contribution in [1.82, 2.24) is 13.8 Å². The second-order valence-corrected chi connectivity index (χ2v) is 10.7. The van der Waals surface area contributed by atoms with Gasteiger partial charge in [0.2, 0.25) is 10.0 Å². The van der Waals surface area contributed by atoms with Gasteiger partial charge in [0.05, 0.1) is 17.9 Å². The van der Waals surface area contributed by atoms with E-state index in [9.17, 15) is 18.0 Å². The van der Waals surface area contributed by atoms with Gasteiger partial charge >= 0.3 is 0 Å². The smallest absolute Gasteiger partial charge is 0.263 e. The first-order valence-electron chi connectivity index (χ1n) is 10.2. The average molecular weight is 426 g/mol. The summed E-state index contributed by atoms with van der Waals surface area (Å²) in [6, 6.07) is 1.86. The molecule has 0 unspecified atom stereocenters. The fourth-order valence-corrected chi connectivity index (χ4v) is 5.28. The Morgan fingerprint density at radius 2 is 1.86 bits per heavy atom. The molecule has 0 N–H and O–H groups in total. The highest BCUT2D eigenvalue weighted by Crippen LogP contribution is 2.18. The summed E-state index contributed by atoms with van der Waals surface area (Å²) in [6.45, 7) is 9.17. The number of nitrogens with zero attached hydrogens (tertiary/aromatic N) is 3. The van der Waals surface area contributed by atoms with Crippen LogP contribution < -0.4 is 5.56 Å². The summed E-state index contributed by atoms with van der Waals surface area (Å²) >= 11 is 0. The largest absolute Gasteiger partial charge is 0.376 e. The molecule has 3 rings (SSSR count). The molecule has 1 aromatic heterocycles. The predicted molar refractivity (Wildman–Crippen MR) is 111 cm³/mol. The minimum atomic E-state index is -3.34. The molecule has 1 atom stereocenters. The van der Waals surface area contributed by atoms with Crippen LogP contribution in [-0.2, 0) is 21.3 Å². The van der Waals surface area contributed by atoms with Gasteiger partial charge in [-0.25, -0.2) is 8.42 Å². The summed E-state index contributed by atoms with van der Waals surface area (Å²) in [6.07, 6.45) is 1.90. The van der Waals surface area contributed by atoms with Crippen LogP contribution in [0.1, 0.15) is 48.3 Å². The van der Waals surface area contributed by atoms with Crippen molar-refractivity contribution in [3.63, 3.8) is 0 Å². The number of rotatable bonds is 5. The minimum Gasteiger partial charge on any atom is -0.376 e. The Kier molecular flexibility index (Phi) is 6.50. The van der Waals surface area contributed by atoms with E-state index in [1.807, 2.05) is 13.0 Å². The summed E-state index contributed by atoms with van der Waals surface area (Å²) in [4.78, 5) is 27.9. The molecule has 162 valence electrons. The van der Waals surface area contributed by atoms with Crippen molar-refractivity contribution in [1.29, 1.82) is 0 Å². The third-order valence-corrected chi connectivity index (χ3v) is 8.09. The summed E-state index contributed by atoms with van der Waals surface area (Å²) in [5, 5.41) is -0.492. The number of hydrogen-bond donors (Lipinski definition) is 0. The Hall–Kier alpha value is -1.71. The molecule has 0 spiro atoms. The molecule has 0 aliphatic carbocycles. The number of ether oxygens (including phenoxy) is 1. The van der Waals surface area contributed by atoms with Crippen molar-refractivity contribution < 1.29 is 17.9 Å². The first kappa shape index (κ1) is 22.0. The molecule has 3 heterocycles. The van der Waals surface area contributed by atoms with Crippen LogP contribution >= 0.6 is 0 Å². The number of amides is 1. The maximum Gasteiger partial charge on any atom is 0.263 e. The van der Waals surface area contributed by atoms with E-state index in [1.54, 1.807) is 30.2 Å². The van der Waals surface area contributed by atoms with Crippen LogP contribution in [0.4, 0.5) is 0 Å². The number of hydrogen-bond acceptors (Lipinski definition) is 5. The van der Waals surface area contributed by atoms with Crippen molar-refractivity contribution in [3.05, 3.63) is 33.2 Å². The molecule has 0 aromatic carbocycles. The number of carbonyl (C=O) groups is 1. The van der Waals surface area contributed by atoms with E-state index in [0.717, 1.165) is 18.5 Å². The molecule has 2 aliphatic heterocycles. The molecule has 8 nitrogen and oxygen atoms in total. The van der Waals surface area contributed by atoms with Crippen LogP contribution in [0.3, 0.4) is 0 Å². The second-order valence-electron chi connectivity index (χ2n) is 8.18. The lowest BCUT2D eigenvalue weighted by molar-refractivity contribution is 0.0691. The summed E-state index contributed by atoms with van der Waals surface area (Å²) in [7, 11) is -3.34. The predicted octanol–water partition coefficient (Wildman–Crippen LogP) is 1.14. The highest BCUT2D eigenvalue weighted by Gasteiger charge is 2.32. The number of pyridine rings is 1. The van der Waals surface area contributed by atoms with Gasteiger partial charge < -0.3 is 14.2 Å². The lowest BCUT2D eigenvalue weighted by Gasteiger charge is -2.35. The van der Waals surface area contributed by atoms with E-state index >= 15 is 0 Å². The third-order valence-electron chi connectivity index (χ3n) is 5.81. The fourth-order valence-electron chi connectivity index (χ4n) is 4.01. The average Bonchev–Trinajstić information content (AvgIpc) is 3.18. The standard InChI is InChI=1S/C20H31N3O5S/c1-14(2)29(26,27)22-9-7-21(8-10-22)19(24)18-15(3)12-16(4)23(20(18)25)13-17-6-5-11-28-17/h12,14,17H,5-11,13H2,1-4H3/t17-/m0/s1. The molecule has 29 heavy (non-hydrogen) atoms. The first-order valence-corrected chi connectivity index (χ1v) is 11.7. The second kappa shape index (κ2) is 8.57. The molecule has 2 aliphatic rings. The highest BCUT2D eigenvalue weighted by atomic mass is 32.2. The normalized spacial score (nSPS) is 21.1. The van der Waals surface area contributed by atoms with Crippen LogP contribution in [0.2, 0.25) is 0 Å². The van der Waals surface area contributed by atoms with Gasteiger partial charge in [-0.1, -0.05) is 0 Å². The molecule has 1 amide bonds. The van der Waals surface area contributed by atoms with E-state index in [0.29, 0.717) is 18.7 Å². The topological polar surface area (TPSA) is 88.9 Å². The monoisotopic (exact) mass is 425 g/mol. The van der Waals surface area contributed by atoms with Gasteiger partial charge in [-0.3, -0.25) is 9.59 Å². The van der Waals surface area contributed by atoms with Crippen LogP contribution in [0, 0.1) is 13.8 Å². The Balaban J connectivity index is 1.80. The van der Waals surface area contributed by atoms with E-state index in [4.69, 9.17) is 4.74 Å². The number of aryl methyl sites for hydroxylation is 2. The van der Waals surface area contributed by atoms with E-state index in [2.05, 4.69) is 0 Å². The van der Waals surface area contributed by atoms with Crippen molar-refractivity contribution in [2.24, 2.45) is 0 Å². The van der Waals surface area contributed by atoms with Gasteiger partial charge in [0.1, 0.15) is 5.56 Å². The minimum absolute atomic E-state index is 0.00171. The van der Waals surface area contributed by atoms with Crippen LogP contribution in [0.25, 0.3) is 0 Å². The van der Waals surface area contributed by atoms with E-state index in [-0.39, 0.29) is 49.3 Å². The number of carbonyl (C=O) groups excluding carboxylic acids is 1. The molecular formula is C20H31N3O5S. The molecule has 0 bridgehead atoms. The van der Waals surface area contributed by atoms with Crippen LogP contribution in [-0.4, -0.2) is 72.2 Å². The van der Waals surface area contributed by atoms with E-state index in [1.165, 1.54) is 4.31 Å². The molecule has 2 saturated heterocycles. The van der Waals surface area contributed by atoms with E-state index < -0.39 is 15.3 Å². The van der Waals surface area contributed by atoms with Crippen molar-refractivity contribution in [2.45, 2.75) is 58.4 Å². The Bertz CT molecular complexity index is 924. The molecule has 0 radical (unpaired) electrons.